The van der Waals surface area contributed by atoms with E-state index >= 15 is 0 Å². The summed E-state index contributed by atoms with van der Waals surface area (Å²) in [5.74, 6) is 1.09. The number of nitrogens with zero attached hydrogens (tertiary/aromatic N) is 3. The van der Waals surface area contributed by atoms with Crippen molar-refractivity contribution in [3.05, 3.63) is 22.2 Å². The molecule has 0 aromatic heterocycles. The molecule has 28 heavy (non-hydrogen) atoms. The fourth-order valence-electron chi connectivity index (χ4n) is 4.86. The standard InChI is InChI=1S/C23H32BrN3O/c1-23-11-10-17(24)12-20(23)21(19(13-25-23)22(28)16-6-7-16)26-18-8-4-15(5-9-18)14-27(2)3/h10,12-13,15-16,18-19H,4-9,11,14H2,1-3H3. The molecule has 0 bridgehead atoms. The summed E-state index contributed by atoms with van der Waals surface area (Å²) >= 11 is 3.64. The highest BCUT2D eigenvalue weighted by molar-refractivity contribution is 9.11. The van der Waals surface area contributed by atoms with Gasteiger partial charge in [0, 0.05) is 28.7 Å². The van der Waals surface area contributed by atoms with Crippen LogP contribution < -0.4 is 0 Å². The van der Waals surface area contributed by atoms with E-state index in [0.717, 1.165) is 53.8 Å². The van der Waals surface area contributed by atoms with E-state index in [-0.39, 0.29) is 17.4 Å². The number of carbonyl (C=O) groups excluding carboxylic acids is 1. The number of carbonyl (C=O) groups is 1. The first-order valence-corrected chi connectivity index (χ1v) is 11.5. The monoisotopic (exact) mass is 445 g/mol. The molecular formula is C23H32BrN3O. The van der Waals surface area contributed by atoms with E-state index in [4.69, 9.17) is 9.98 Å². The van der Waals surface area contributed by atoms with E-state index in [9.17, 15) is 4.79 Å². The van der Waals surface area contributed by atoms with Crippen LogP contribution in [0.4, 0.5) is 0 Å². The average molecular weight is 446 g/mol. The van der Waals surface area contributed by atoms with Crippen molar-refractivity contribution in [2.75, 3.05) is 20.6 Å². The van der Waals surface area contributed by atoms with Crippen LogP contribution in [0.1, 0.15) is 51.9 Å². The Morgan fingerprint density at radius 1 is 1.25 bits per heavy atom. The molecule has 4 rings (SSSR count). The van der Waals surface area contributed by atoms with Gasteiger partial charge in [-0.15, -0.1) is 0 Å². The predicted molar refractivity (Wildman–Crippen MR) is 120 cm³/mol. The zero-order valence-electron chi connectivity index (χ0n) is 17.3. The molecule has 2 unspecified atom stereocenters. The summed E-state index contributed by atoms with van der Waals surface area (Å²) in [5.41, 5.74) is 1.88. The minimum atomic E-state index is -0.279. The summed E-state index contributed by atoms with van der Waals surface area (Å²) < 4.78 is 1.08. The van der Waals surface area contributed by atoms with Crippen LogP contribution in [0, 0.1) is 17.8 Å². The minimum absolute atomic E-state index is 0.227. The molecule has 0 spiro atoms. The maximum atomic E-state index is 13.0. The number of hydrogen-bond donors (Lipinski definition) is 0. The average Bonchev–Trinajstić information content (AvgIpc) is 3.49. The van der Waals surface area contributed by atoms with Crippen LogP contribution in [0.3, 0.4) is 0 Å². The molecule has 4 aliphatic rings. The summed E-state index contributed by atoms with van der Waals surface area (Å²) in [7, 11) is 4.31. The Morgan fingerprint density at radius 3 is 2.61 bits per heavy atom. The van der Waals surface area contributed by atoms with E-state index in [1.165, 1.54) is 19.4 Å². The quantitative estimate of drug-likeness (QED) is 0.620. The highest BCUT2D eigenvalue weighted by Gasteiger charge is 2.44. The molecule has 4 nitrogen and oxygen atoms in total. The molecule has 0 amide bonds. The summed E-state index contributed by atoms with van der Waals surface area (Å²) in [6, 6.07) is 0.337. The minimum Gasteiger partial charge on any atom is -0.309 e. The summed E-state index contributed by atoms with van der Waals surface area (Å²) in [5, 5.41) is 0. The third-order valence-electron chi connectivity index (χ3n) is 6.68. The fourth-order valence-corrected chi connectivity index (χ4v) is 5.25. The molecule has 1 aliphatic heterocycles. The van der Waals surface area contributed by atoms with E-state index in [1.807, 2.05) is 6.21 Å². The van der Waals surface area contributed by atoms with Gasteiger partial charge in [0.05, 0.1) is 23.2 Å². The topological polar surface area (TPSA) is 45.0 Å². The lowest BCUT2D eigenvalue weighted by molar-refractivity contribution is -0.120. The van der Waals surface area contributed by atoms with Crippen molar-refractivity contribution in [2.45, 2.75) is 63.5 Å². The molecule has 1 heterocycles. The number of aliphatic imine (C=N–C) groups is 2. The molecule has 0 saturated heterocycles. The molecular weight excluding hydrogens is 414 g/mol. The van der Waals surface area contributed by atoms with Gasteiger partial charge in [0.2, 0.25) is 0 Å². The van der Waals surface area contributed by atoms with Crippen molar-refractivity contribution in [1.82, 2.24) is 4.90 Å². The Labute approximate surface area is 177 Å². The Kier molecular flexibility index (Phi) is 5.76. The fraction of sp³-hybridized carbons (Fsp3) is 0.696. The second-order valence-electron chi connectivity index (χ2n) is 9.51. The highest BCUT2D eigenvalue weighted by Crippen LogP contribution is 2.42. The van der Waals surface area contributed by atoms with Crippen molar-refractivity contribution in [3.63, 3.8) is 0 Å². The Hall–Kier alpha value is -1.07. The van der Waals surface area contributed by atoms with Crippen LogP contribution in [-0.2, 0) is 4.79 Å². The van der Waals surface area contributed by atoms with Gasteiger partial charge in [0.1, 0.15) is 5.78 Å². The van der Waals surface area contributed by atoms with E-state index in [1.54, 1.807) is 0 Å². The lowest BCUT2D eigenvalue weighted by Gasteiger charge is -2.38. The number of rotatable bonds is 5. The predicted octanol–water partition coefficient (Wildman–Crippen LogP) is 4.60. The molecule has 2 fully saturated rings. The van der Waals surface area contributed by atoms with Crippen molar-refractivity contribution in [1.29, 1.82) is 0 Å². The maximum Gasteiger partial charge on any atom is 0.150 e. The number of halogens is 1. The van der Waals surface area contributed by atoms with Gasteiger partial charge in [0.25, 0.3) is 0 Å². The van der Waals surface area contributed by atoms with Crippen molar-refractivity contribution in [3.8, 4) is 0 Å². The van der Waals surface area contributed by atoms with E-state index < -0.39 is 0 Å². The Morgan fingerprint density at radius 2 is 1.96 bits per heavy atom. The van der Waals surface area contributed by atoms with Gasteiger partial charge in [-0.05, 0) is 78.0 Å². The summed E-state index contributed by atoms with van der Waals surface area (Å²) in [4.78, 5) is 25.4. The SMILES string of the molecule is CN(C)CC1CCC(N=C2C3=CC(Br)=CCC3(C)N=CC2C(=O)C2CC2)CC1. The molecule has 0 aromatic carbocycles. The molecule has 0 N–H and O–H groups in total. The maximum absolute atomic E-state index is 13.0. The second-order valence-corrected chi connectivity index (χ2v) is 10.4. The van der Waals surface area contributed by atoms with E-state index in [0.29, 0.717) is 11.8 Å². The molecule has 2 atom stereocenters. The van der Waals surface area contributed by atoms with Gasteiger partial charge < -0.3 is 4.90 Å². The van der Waals surface area contributed by atoms with Gasteiger partial charge in [-0.25, -0.2) is 0 Å². The van der Waals surface area contributed by atoms with Gasteiger partial charge >= 0.3 is 0 Å². The van der Waals surface area contributed by atoms with Crippen molar-refractivity contribution in [2.24, 2.45) is 27.7 Å². The molecule has 152 valence electrons. The van der Waals surface area contributed by atoms with Crippen LogP contribution in [0.5, 0.6) is 0 Å². The first kappa shape index (κ1) is 20.2. The first-order valence-electron chi connectivity index (χ1n) is 10.8. The third kappa shape index (κ3) is 4.25. The summed E-state index contributed by atoms with van der Waals surface area (Å²) in [6.45, 7) is 3.34. The number of hydrogen-bond acceptors (Lipinski definition) is 4. The van der Waals surface area contributed by atoms with Crippen LogP contribution in [0.25, 0.3) is 0 Å². The third-order valence-corrected chi connectivity index (χ3v) is 7.24. The van der Waals surface area contributed by atoms with Crippen LogP contribution in [0.15, 0.2) is 32.2 Å². The largest absolute Gasteiger partial charge is 0.309 e. The van der Waals surface area contributed by atoms with Gasteiger partial charge in [-0.2, -0.15) is 0 Å². The second kappa shape index (κ2) is 7.98. The number of allylic oxidation sites excluding steroid dienone is 2. The van der Waals surface area contributed by atoms with Crippen molar-refractivity contribution >= 4 is 33.6 Å². The molecule has 2 saturated carbocycles. The molecule has 5 heteroatoms. The Balaban J connectivity index is 1.60. The van der Waals surface area contributed by atoms with Gasteiger partial charge in [-0.1, -0.05) is 22.0 Å². The van der Waals surface area contributed by atoms with Gasteiger partial charge in [-0.3, -0.25) is 14.8 Å². The van der Waals surface area contributed by atoms with Gasteiger partial charge in [0.15, 0.2) is 0 Å². The Bertz CT molecular complexity index is 754. The van der Waals surface area contributed by atoms with Crippen LogP contribution in [0.2, 0.25) is 0 Å². The van der Waals surface area contributed by atoms with Crippen molar-refractivity contribution < 1.29 is 4.79 Å². The van der Waals surface area contributed by atoms with Crippen LogP contribution >= 0.6 is 15.9 Å². The molecule has 0 aromatic rings. The lowest BCUT2D eigenvalue weighted by Crippen LogP contribution is -2.43. The molecule has 0 radical (unpaired) electrons. The number of Topliss-reactive ketones (excluding diaryl/α,β-unsaturated/α-hetero) is 1. The smallest absolute Gasteiger partial charge is 0.150 e. The van der Waals surface area contributed by atoms with Crippen LogP contribution in [-0.4, -0.2) is 54.8 Å². The highest BCUT2D eigenvalue weighted by atomic mass is 79.9. The number of fused-ring (bicyclic) bond motifs is 1. The first-order chi connectivity index (χ1) is 13.4. The summed E-state index contributed by atoms with van der Waals surface area (Å²) in [6.07, 6.45) is 13.9. The normalized spacial score (nSPS) is 36.9. The lowest BCUT2D eigenvalue weighted by atomic mass is 9.75. The molecule has 3 aliphatic carbocycles. The zero-order valence-corrected chi connectivity index (χ0v) is 18.9. The zero-order chi connectivity index (χ0) is 19.9. The number of ketones is 1. The van der Waals surface area contributed by atoms with E-state index in [2.05, 4.69) is 54.0 Å².